The molecule has 0 bridgehead atoms. The van der Waals surface area contributed by atoms with Crippen molar-refractivity contribution in [3.05, 3.63) is 29.3 Å². The van der Waals surface area contributed by atoms with E-state index in [9.17, 15) is 19.5 Å². The van der Waals surface area contributed by atoms with Gasteiger partial charge in [0, 0.05) is 51.0 Å². The van der Waals surface area contributed by atoms with Crippen LogP contribution in [0.3, 0.4) is 0 Å². The molecular formula is C28H41N3O6. The normalized spacial score (nSPS) is 23.7. The number of benzene rings is 1. The number of hydrogen-bond donors (Lipinski definition) is 1. The second kappa shape index (κ2) is 12.7. The lowest BCUT2D eigenvalue weighted by Gasteiger charge is -2.32. The molecule has 0 unspecified atom stereocenters. The summed E-state index contributed by atoms with van der Waals surface area (Å²) < 4.78 is 5.65. The number of amides is 2. The highest BCUT2D eigenvalue weighted by Crippen LogP contribution is 2.41. The van der Waals surface area contributed by atoms with E-state index in [0.29, 0.717) is 52.2 Å². The van der Waals surface area contributed by atoms with Crippen LogP contribution in [0.1, 0.15) is 69.4 Å². The van der Waals surface area contributed by atoms with Gasteiger partial charge in [-0.05, 0) is 49.3 Å². The standard InChI is InChI=1S/C28H41N3O6/c1-3-12-31(37-15-4-2)26(33)19-30-18-22(20-8-9-24-21(17-20)11-16-36-24)27(28(34)35)23(30)10-14-29-13-6-5-7-25(29)32/h8-9,17,22-23,27H,3-7,10-16,18-19H2,1-2H3,(H,34,35)/t22-,23+,27-/m1/s1. The molecule has 0 radical (unpaired) electrons. The second-order valence-corrected chi connectivity index (χ2v) is 10.4. The molecule has 4 rings (SSSR count). The van der Waals surface area contributed by atoms with Gasteiger partial charge >= 0.3 is 5.97 Å². The minimum atomic E-state index is -0.862. The lowest BCUT2D eigenvalue weighted by atomic mass is 9.83. The van der Waals surface area contributed by atoms with Crippen LogP contribution in [0, 0.1) is 5.92 Å². The number of piperidine rings is 1. The Bertz CT molecular complexity index is 969. The first kappa shape index (κ1) is 27.4. The van der Waals surface area contributed by atoms with Crippen molar-refractivity contribution in [2.45, 2.75) is 70.8 Å². The molecule has 2 saturated heterocycles. The monoisotopic (exact) mass is 515 g/mol. The van der Waals surface area contributed by atoms with Crippen molar-refractivity contribution in [3.8, 4) is 5.75 Å². The number of likely N-dealkylation sites (tertiary alicyclic amines) is 2. The molecule has 0 aliphatic carbocycles. The third kappa shape index (κ3) is 6.44. The number of ether oxygens (including phenoxy) is 1. The Morgan fingerprint density at radius 2 is 2.03 bits per heavy atom. The maximum Gasteiger partial charge on any atom is 0.308 e. The molecule has 3 aliphatic rings. The highest BCUT2D eigenvalue weighted by molar-refractivity contribution is 5.78. The van der Waals surface area contributed by atoms with Gasteiger partial charge in [0.25, 0.3) is 5.91 Å². The third-order valence-corrected chi connectivity index (χ3v) is 7.79. The zero-order valence-corrected chi connectivity index (χ0v) is 22.2. The average Bonchev–Trinajstić information content (AvgIpc) is 3.50. The van der Waals surface area contributed by atoms with Gasteiger partial charge in [0.05, 0.1) is 25.7 Å². The highest BCUT2D eigenvalue weighted by atomic mass is 16.7. The Kier molecular flexibility index (Phi) is 9.43. The van der Waals surface area contributed by atoms with Crippen LogP contribution in [-0.2, 0) is 25.6 Å². The quantitative estimate of drug-likeness (QED) is 0.427. The molecule has 2 amide bonds. The van der Waals surface area contributed by atoms with Crippen molar-refractivity contribution in [1.82, 2.24) is 14.9 Å². The number of carboxylic acid groups (broad SMARTS) is 1. The predicted molar refractivity (Wildman–Crippen MR) is 138 cm³/mol. The van der Waals surface area contributed by atoms with Crippen LogP contribution < -0.4 is 4.74 Å². The summed E-state index contributed by atoms with van der Waals surface area (Å²) in [5, 5.41) is 11.8. The number of nitrogens with zero attached hydrogens (tertiary/aromatic N) is 3. The van der Waals surface area contributed by atoms with Crippen LogP contribution in [0.25, 0.3) is 0 Å². The summed E-state index contributed by atoms with van der Waals surface area (Å²) >= 11 is 0. The van der Waals surface area contributed by atoms with Crippen LogP contribution >= 0.6 is 0 Å². The first-order valence-electron chi connectivity index (χ1n) is 13.9. The van der Waals surface area contributed by atoms with Gasteiger partial charge in [-0.3, -0.25) is 24.1 Å². The molecule has 0 spiro atoms. The lowest BCUT2D eigenvalue weighted by Crippen LogP contribution is -2.46. The van der Waals surface area contributed by atoms with E-state index in [4.69, 9.17) is 9.57 Å². The van der Waals surface area contributed by atoms with Gasteiger partial charge in [0.2, 0.25) is 5.91 Å². The Labute approximate surface area is 219 Å². The summed E-state index contributed by atoms with van der Waals surface area (Å²) in [6, 6.07) is 5.62. The van der Waals surface area contributed by atoms with Gasteiger partial charge in [-0.1, -0.05) is 26.0 Å². The van der Waals surface area contributed by atoms with E-state index in [2.05, 4.69) is 6.07 Å². The molecule has 1 N–H and O–H groups in total. The Morgan fingerprint density at radius 1 is 1.19 bits per heavy atom. The van der Waals surface area contributed by atoms with Gasteiger partial charge in [-0.2, -0.15) is 0 Å². The molecule has 2 fully saturated rings. The van der Waals surface area contributed by atoms with Crippen LogP contribution in [0.15, 0.2) is 18.2 Å². The summed E-state index contributed by atoms with van der Waals surface area (Å²) in [6.07, 6.45) is 5.34. The maximum atomic E-state index is 13.3. The predicted octanol–water partition coefficient (Wildman–Crippen LogP) is 3.07. The van der Waals surface area contributed by atoms with Gasteiger partial charge in [-0.15, -0.1) is 0 Å². The maximum absolute atomic E-state index is 13.3. The highest BCUT2D eigenvalue weighted by Gasteiger charge is 2.47. The largest absolute Gasteiger partial charge is 0.493 e. The summed E-state index contributed by atoms with van der Waals surface area (Å²) in [6.45, 7) is 7.38. The molecule has 1 aromatic rings. The first-order chi connectivity index (χ1) is 17.9. The van der Waals surface area contributed by atoms with E-state index < -0.39 is 11.9 Å². The zero-order valence-electron chi connectivity index (χ0n) is 22.2. The minimum absolute atomic E-state index is 0.0939. The molecule has 9 nitrogen and oxygen atoms in total. The van der Waals surface area contributed by atoms with E-state index in [1.165, 1.54) is 5.06 Å². The summed E-state index contributed by atoms with van der Waals surface area (Å²) in [7, 11) is 0. The van der Waals surface area contributed by atoms with E-state index in [1.807, 2.05) is 35.8 Å². The SMILES string of the molecule is CCCON(CCC)C(=O)CN1C[C@H](c2ccc3c(c2)CCO3)[C@@H](C(=O)O)[C@@H]1CCN1CCCCC1=O. The Hall–Kier alpha value is -2.65. The fraction of sp³-hybridized carbons (Fsp3) is 0.679. The summed E-state index contributed by atoms with van der Waals surface area (Å²) in [5.74, 6) is -0.945. The molecule has 37 heavy (non-hydrogen) atoms. The van der Waals surface area contributed by atoms with E-state index in [-0.39, 0.29) is 30.3 Å². The fourth-order valence-corrected chi connectivity index (χ4v) is 5.93. The number of carboxylic acids is 1. The van der Waals surface area contributed by atoms with Crippen LogP contribution in [-0.4, -0.2) is 89.7 Å². The van der Waals surface area contributed by atoms with Gasteiger partial charge in [-0.25, -0.2) is 5.06 Å². The fourth-order valence-electron chi connectivity index (χ4n) is 5.93. The second-order valence-electron chi connectivity index (χ2n) is 10.4. The summed E-state index contributed by atoms with van der Waals surface area (Å²) in [4.78, 5) is 48.0. The van der Waals surface area contributed by atoms with Crippen molar-refractivity contribution >= 4 is 17.8 Å². The number of carbonyl (C=O) groups is 3. The molecule has 9 heteroatoms. The molecule has 204 valence electrons. The summed E-state index contributed by atoms with van der Waals surface area (Å²) in [5.41, 5.74) is 2.08. The van der Waals surface area contributed by atoms with Crippen molar-refractivity contribution in [1.29, 1.82) is 0 Å². The van der Waals surface area contributed by atoms with Crippen LogP contribution in [0.5, 0.6) is 5.75 Å². The number of fused-ring (bicyclic) bond motifs is 1. The van der Waals surface area contributed by atoms with E-state index in [0.717, 1.165) is 49.0 Å². The number of hydroxylamine groups is 2. The first-order valence-corrected chi connectivity index (χ1v) is 13.9. The minimum Gasteiger partial charge on any atom is -0.493 e. The average molecular weight is 516 g/mol. The van der Waals surface area contributed by atoms with Gasteiger partial charge in [0.1, 0.15) is 5.75 Å². The Balaban J connectivity index is 1.57. The van der Waals surface area contributed by atoms with Crippen molar-refractivity contribution in [2.24, 2.45) is 5.92 Å². The number of aliphatic carboxylic acids is 1. The molecule has 1 aromatic carbocycles. The van der Waals surface area contributed by atoms with Gasteiger partial charge in [0.15, 0.2) is 0 Å². The molecular weight excluding hydrogens is 474 g/mol. The van der Waals surface area contributed by atoms with Gasteiger partial charge < -0.3 is 14.7 Å². The molecule has 0 aromatic heterocycles. The molecule has 3 atom stereocenters. The third-order valence-electron chi connectivity index (χ3n) is 7.79. The smallest absolute Gasteiger partial charge is 0.308 e. The zero-order chi connectivity index (χ0) is 26.4. The Morgan fingerprint density at radius 3 is 2.76 bits per heavy atom. The molecule has 3 aliphatic heterocycles. The van der Waals surface area contributed by atoms with Crippen LogP contribution in [0.2, 0.25) is 0 Å². The number of carbonyl (C=O) groups excluding carboxylic acids is 2. The number of rotatable bonds is 12. The molecule has 0 saturated carbocycles. The molecule has 3 heterocycles. The van der Waals surface area contributed by atoms with Crippen molar-refractivity contribution < 1.29 is 29.1 Å². The lowest BCUT2D eigenvalue weighted by molar-refractivity contribution is -0.188. The number of hydrogen-bond acceptors (Lipinski definition) is 6. The van der Waals surface area contributed by atoms with Crippen LogP contribution in [0.4, 0.5) is 0 Å². The van der Waals surface area contributed by atoms with Crippen molar-refractivity contribution in [3.63, 3.8) is 0 Å². The topological polar surface area (TPSA) is 99.6 Å². The van der Waals surface area contributed by atoms with E-state index in [1.54, 1.807) is 0 Å². The van der Waals surface area contributed by atoms with Crippen molar-refractivity contribution in [2.75, 3.05) is 45.9 Å². The van der Waals surface area contributed by atoms with E-state index >= 15 is 0 Å².